The van der Waals surface area contributed by atoms with Crippen molar-refractivity contribution in [2.45, 2.75) is 31.7 Å². The van der Waals surface area contributed by atoms with Gasteiger partial charge in [-0.25, -0.2) is 0 Å². The Labute approximate surface area is 130 Å². The van der Waals surface area contributed by atoms with Gasteiger partial charge in [-0.2, -0.15) is 4.98 Å². The van der Waals surface area contributed by atoms with Crippen molar-refractivity contribution < 1.29 is 9.26 Å². The third kappa shape index (κ3) is 2.91. The lowest BCUT2D eigenvalue weighted by Gasteiger charge is -2.14. The fourth-order valence-corrected chi connectivity index (χ4v) is 3.21. The van der Waals surface area contributed by atoms with Gasteiger partial charge in [-0.05, 0) is 50.0 Å². The molecule has 1 aromatic carbocycles. The summed E-state index contributed by atoms with van der Waals surface area (Å²) in [7, 11) is 0. The first-order chi connectivity index (χ1) is 10.9. The Hall–Kier alpha value is -1.72. The first kappa shape index (κ1) is 13.9. The number of rotatable bonds is 4. The Morgan fingerprint density at radius 1 is 1.14 bits per heavy atom. The maximum absolute atomic E-state index is 5.41. The zero-order valence-electron chi connectivity index (χ0n) is 12.7. The molecule has 5 heteroatoms. The van der Waals surface area contributed by atoms with E-state index >= 15 is 0 Å². The Morgan fingerprint density at radius 2 is 1.95 bits per heavy atom. The molecule has 3 heterocycles. The van der Waals surface area contributed by atoms with Crippen molar-refractivity contribution in [3.63, 3.8) is 0 Å². The Kier molecular flexibility index (Phi) is 3.91. The molecule has 2 aromatic rings. The minimum Gasteiger partial charge on any atom is -0.381 e. The number of aromatic nitrogens is 2. The molecule has 0 amide bonds. The summed E-state index contributed by atoms with van der Waals surface area (Å²) in [5, 5.41) is 4.11. The molecule has 1 atom stereocenters. The smallest absolute Gasteiger partial charge is 0.257 e. The van der Waals surface area contributed by atoms with Crippen LogP contribution in [-0.4, -0.2) is 41.3 Å². The summed E-state index contributed by atoms with van der Waals surface area (Å²) in [5.74, 6) is 1.66. The van der Waals surface area contributed by atoms with Crippen LogP contribution in [0.2, 0.25) is 0 Å². The molecule has 1 unspecified atom stereocenters. The Balaban J connectivity index is 1.45. The zero-order chi connectivity index (χ0) is 14.8. The molecule has 0 bridgehead atoms. The van der Waals surface area contributed by atoms with Crippen LogP contribution in [0.1, 0.15) is 36.6 Å². The highest BCUT2D eigenvalue weighted by atomic mass is 16.5. The van der Waals surface area contributed by atoms with Crippen LogP contribution in [0, 0.1) is 0 Å². The van der Waals surface area contributed by atoms with E-state index in [2.05, 4.69) is 39.3 Å². The second-order valence-electron chi connectivity index (χ2n) is 6.20. The van der Waals surface area contributed by atoms with Gasteiger partial charge in [0.15, 0.2) is 5.82 Å². The second-order valence-corrected chi connectivity index (χ2v) is 6.20. The number of hydrogen-bond donors (Lipinski definition) is 0. The van der Waals surface area contributed by atoms with E-state index in [0.717, 1.165) is 31.0 Å². The van der Waals surface area contributed by atoms with Crippen molar-refractivity contribution in [1.82, 2.24) is 15.0 Å². The van der Waals surface area contributed by atoms with Gasteiger partial charge in [-0.3, -0.25) is 4.90 Å². The van der Waals surface area contributed by atoms with Crippen LogP contribution in [0.3, 0.4) is 0 Å². The largest absolute Gasteiger partial charge is 0.381 e. The summed E-state index contributed by atoms with van der Waals surface area (Å²) in [6.45, 7) is 4.97. The van der Waals surface area contributed by atoms with Crippen LogP contribution < -0.4 is 0 Å². The van der Waals surface area contributed by atoms with E-state index in [4.69, 9.17) is 9.26 Å². The van der Waals surface area contributed by atoms with Crippen molar-refractivity contribution in [3.05, 3.63) is 35.7 Å². The number of hydrogen-bond acceptors (Lipinski definition) is 5. The van der Waals surface area contributed by atoms with Gasteiger partial charge < -0.3 is 9.26 Å². The van der Waals surface area contributed by atoms with E-state index < -0.39 is 0 Å². The van der Waals surface area contributed by atoms with E-state index in [9.17, 15) is 0 Å². The molecule has 2 fully saturated rings. The molecule has 0 radical (unpaired) electrons. The fourth-order valence-electron chi connectivity index (χ4n) is 3.21. The van der Waals surface area contributed by atoms with Crippen molar-refractivity contribution in [1.29, 1.82) is 0 Å². The molecule has 116 valence electrons. The predicted octanol–water partition coefficient (Wildman–Crippen LogP) is 2.84. The van der Waals surface area contributed by atoms with E-state index in [1.54, 1.807) is 0 Å². The summed E-state index contributed by atoms with van der Waals surface area (Å²) >= 11 is 0. The van der Waals surface area contributed by atoms with Crippen LogP contribution in [-0.2, 0) is 11.3 Å². The van der Waals surface area contributed by atoms with Crippen LogP contribution in [0.15, 0.2) is 28.8 Å². The van der Waals surface area contributed by atoms with Gasteiger partial charge in [0.05, 0.1) is 6.61 Å². The summed E-state index contributed by atoms with van der Waals surface area (Å²) < 4.78 is 10.8. The highest BCUT2D eigenvalue weighted by Crippen LogP contribution is 2.26. The van der Waals surface area contributed by atoms with Gasteiger partial charge in [-0.15, -0.1) is 0 Å². The fraction of sp³-hybridized carbons (Fsp3) is 0.529. The first-order valence-electron chi connectivity index (χ1n) is 8.11. The van der Waals surface area contributed by atoms with Gasteiger partial charge in [0.2, 0.25) is 0 Å². The highest BCUT2D eigenvalue weighted by molar-refractivity contribution is 5.53. The first-order valence-corrected chi connectivity index (χ1v) is 8.11. The van der Waals surface area contributed by atoms with E-state index in [-0.39, 0.29) is 5.92 Å². The lowest BCUT2D eigenvalue weighted by Crippen LogP contribution is -2.18. The number of ether oxygens (including phenoxy) is 1. The minimum absolute atomic E-state index is 0.284. The van der Waals surface area contributed by atoms with E-state index in [1.165, 1.54) is 31.5 Å². The SMILES string of the molecule is c1cc(-c2nc(C3CCOC3)no2)ccc1CN1CCCC1. The molecule has 2 saturated heterocycles. The van der Waals surface area contributed by atoms with E-state index in [0.29, 0.717) is 12.5 Å². The third-order valence-corrected chi connectivity index (χ3v) is 4.54. The normalized spacial score (nSPS) is 22.5. The quantitative estimate of drug-likeness (QED) is 0.869. The van der Waals surface area contributed by atoms with Crippen LogP contribution >= 0.6 is 0 Å². The van der Waals surface area contributed by atoms with Crippen molar-refractivity contribution in [2.24, 2.45) is 0 Å². The summed E-state index contributed by atoms with van der Waals surface area (Å²) in [6, 6.07) is 8.48. The maximum Gasteiger partial charge on any atom is 0.257 e. The molecular formula is C17H21N3O2. The van der Waals surface area contributed by atoms with Gasteiger partial charge in [0, 0.05) is 24.6 Å². The number of likely N-dealkylation sites (tertiary alicyclic amines) is 1. The molecular weight excluding hydrogens is 278 g/mol. The molecule has 4 rings (SSSR count). The van der Waals surface area contributed by atoms with Crippen molar-refractivity contribution >= 4 is 0 Å². The summed E-state index contributed by atoms with van der Waals surface area (Å²) in [4.78, 5) is 7.03. The summed E-state index contributed by atoms with van der Waals surface area (Å²) in [6.07, 6.45) is 3.63. The van der Waals surface area contributed by atoms with Crippen molar-refractivity contribution in [2.75, 3.05) is 26.3 Å². The van der Waals surface area contributed by atoms with Crippen molar-refractivity contribution in [3.8, 4) is 11.5 Å². The molecule has 0 spiro atoms. The number of nitrogens with zero attached hydrogens (tertiary/aromatic N) is 3. The molecule has 0 N–H and O–H groups in total. The molecule has 2 aliphatic rings. The Morgan fingerprint density at radius 3 is 2.68 bits per heavy atom. The van der Waals surface area contributed by atoms with Gasteiger partial charge in [-0.1, -0.05) is 17.3 Å². The average Bonchev–Trinajstić information content (AvgIpc) is 3.30. The molecule has 22 heavy (non-hydrogen) atoms. The number of benzene rings is 1. The predicted molar refractivity (Wildman–Crippen MR) is 82.4 cm³/mol. The second kappa shape index (κ2) is 6.18. The molecule has 1 aromatic heterocycles. The van der Waals surface area contributed by atoms with Gasteiger partial charge in [0.25, 0.3) is 5.89 Å². The standard InChI is InChI=1S/C17H21N3O2/c1-2-9-20(8-1)11-13-3-5-14(6-4-13)17-18-16(19-22-17)15-7-10-21-12-15/h3-6,15H,1-2,7-12H2. The van der Waals surface area contributed by atoms with Gasteiger partial charge >= 0.3 is 0 Å². The van der Waals surface area contributed by atoms with Crippen LogP contribution in [0.4, 0.5) is 0 Å². The lowest BCUT2D eigenvalue weighted by atomic mass is 10.1. The van der Waals surface area contributed by atoms with Gasteiger partial charge in [0.1, 0.15) is 0 Å². The topological polar surface area (TPSA) is 51.4 Å². The molecule has 2 aliphatic heterocycles. The molecule has 0 saturated carbocycles. The van der Waals surface area contributed by atoms with Crippen LogP contribution in [0.5, 0.6) is 0 Å². The lowest BCUT2D eigenvalue weighted by molar-refractivity contribution is 0.192. The minimum atomic E-state index is 0.284. The average molecular weight is 299 g/mol. The van der Waals surface area contributed by atoms with E-state index in [1.807, 2.05) is 0 Å². The maximum atomic E-state index is 5.41. The van der Waals surface area contributed by atoms with Crippen LogP contribution in [0.25, 0.3) is 11.5 Å². The molecule has 0 aliphatic carbocycles. The zero-order valence-corrected chi connectivity index (χ0v) is 12.7. The highest BCUT2D eigenvalue weighted by Gasteiger charge is 2.23. The Bertz CT molecular complexity index is 611. The monoisotopic (exact) mass is 299 g/mol. The molecule has 5 nitrogen and oxygen atoms in total. The summed E-state index contributed by atoms with van der Waals surface area (Å²) in [5.41, 5.74) is 2.33. The third-order valence-electron chi connectivity index (χ3n) is 4.54.